The summed E-state index contributed by atoms with van der Waals surface area (Å²) in [6, 6.07) is 4.85. The van der Waals surface area contributed by atoms with E-state index in [0.29, 0.717) is 0 Å². The zero-order valence-corrected chi connectivity index (χ0v) is 13.6. The maximum atomic E-state index is 12.6. The Balaban J connectivity index is 2.43. The van der Waals surface area contributed by atoms with E-state index in [2.05, 4.69) is 0 Å². The van der Waals surface area contributed by atoms with Gasteiger partial charge in [-0.2, -0.15) is 0 Å². The minimum Gasteiger partial charge on any atom is -0.464 e. The fraction of sp³-hybridized carbons (Fsp3) is 0.438. The minimum absolute atomic E-state index is 0.0371. The molecule has 0 aromatic heterocycles. The first-order valence-corrected chi connectivity index (χ1v) is 7.35. The number of carbonyl (C=O) groups is 3. The van der Waals surface area contributed by atoms with Crippen molar-refractivity contribution >= 4 is 17.8 Å². The van der Waals surface area contributed by atoms with Gasteiger partial charge in [0.05, 0.1) is 17.7 Å². The van der Waals surface area contributed by atoms with Gasteiger partial charge in [0.15, 0.2) is 12.4 Å². The third-order valence-electron chi connectivity index (χ3n) is 3.72. The number of aliphatic hydroxyl groups is 1. The number of nitrogens with zero attached hydrogens (tertiary/aromatic N) is 1. The van der Waals surface area contributed by atoms with E-state index in [9.17, 15) is 19.5 Å². The van der Waals surface area contributed by atoms with Crippen molar-refractivity contribution in [1.29, 1.82) is 0 Å². The van der Waals surface area contributed by atoms with Crippen LogP contribution >= 0.6 is 0 Å². The van der Waals surface area contributed by atoms with Crippen LogP contribution in [-0.2, 0) is 19.0 Å². The second kappa shape index (κ2) is 7.52. The first-order chi connectivity index (χ1) is 11.5. The first-order valence-electron chi connectivity index (χ1n) is 7.35. The lowest BCUT2D eigenvalue weighted by molar-refractivity contribution is -0.179. The van der Waals surface area contributed by atoms with E-state index in [1.54, 1.807) is 19.1 Å². The molecule has 0 bridgehead atoms. The molecule has 0 spiro atoms. The quantitative estimate of drug-likeness (QED) is 0.430. The van der Waals surface area contributed by atoms with E-state index in [1.165, 1.54) is 26.4 Å². The zero-order chi connectivity index (χ0) is 17.9. The van der Waals surface area contributed by atoms with E-state index < -0.39 is 36.2 Å². The molecular formula is C16H19NO7. The Morgan fingerprint density at radius 1 is 1.12 bits per heavy atom. The number of ether oxygens (including phenoxy) is 3. The van der Waals surface area contributed by atoms with Crippen molar-refractivity contribution in [2.24, 2.45) is 0 Å². The number of esters is 1. The van der Waals surface area contributed by atoms with Crippen molar-refractivity contribution in [3.63, 3.8) is 0 Å². The summed E-state index contributed by atoms with van der Waals surface area (Å²) in [4.78, 5) is 37.9. The number of imide groups is 1. The summed E-state index contributed by atoms with van der Waals surface area (Å²) in [6.07, 6.45) is -3.01. The standard InChI is InChI=1S/C16H19NO7/c1-4-24-15(21)12(18)11(16(22-2)23-3)17-13(19)9-7-5-6-8-10(9)14(17)20/h5-8,11-12,16,18H,4H2,1-3H3/t11-,12+/m0/s1. The van der Waals surface area contributed by atoms with E-state index in [0.717, 1.165) is 4.90 Å². The van der Waals surface area contributed by atoms with Gasteiger partial charge in [-0.05, 0) is 19.1 Å². The van der Waals surface area contributed by atoms with Gasteiger partial charge in [-0.3, -0.25) is 14.5 Å². The summed E-state index contributed by atoms with van der Waals surface area (Å²) in [7, 11) is 2.55. The Labute approximate surface area is 138 Å². The molecule has 2 rings (SSSR count). The monoisotopic (exact) mass is 337 g/mol. The van der Waals surface area contributed by atoms with Crippen LogP contribution in [-0.4, -0.2) is 67.1 Å². The summed E-state index contributed by atoms with van der Waals surface area (Å²) < 4.78 is 14.9. The van der Waals surface area contributed by atoms with Crippen molar-refractivity contribution in [2.45, 2.75) is 25.4 Å². The summed E-state index contributed by atoms with van der Waals surface area (Å²) in [6.45, 7) is 1.61. The van der Waals surface area contributed by atoms with Crippen LogP contribution in [0.15, 0.2) is 24.3 Å². The molecule has 0 saturated carbocycles. The van der Waals surface area contributed by atoms with Crippen LogP contribution in [0.4, 0.5) is 0 Å². The van der Waals surface area contributed by atoms with Crippen molar-refractivity contribution in [1.82, 2.24) is 4.90 Å². The van der Waals surface area contributed by atoms with Gasteiger partial charge >= 0.3 is 5.97 Å². The fourth-order valence-corrected chi connectivity index (χ4v) is 2.63. The first kappa shape index (κ1) is 18.1. The molecule has 8 heteroatoms. The summed E-state index contributed by atoms with van der Waals surface area (Å²) >= 11 is 0. The number of amides is 2. The van der Waals surface area contributed by atoms with Crippen molar-refractivity contribution < 1.29 is 33.7 Å². The molecule has 1 N–H and O–H groups in total. The smallest absolute Gasteiger partial charge is 0.337 e. The maximum absolute atomic E-state index is 12.6. The van der Waals surface area contributed by atoms with Crippen LogP contribution in [0.1, 0.15) is 27.6 Å². The number of aliphatic hydroxyl groups excluding tert-OH is 1. The highest BCUT2D eigenvalue weighted by molar-refractivity contribution is 6.21. The maximum Gasteiger partial charge on any atom is 0.337 e. The van der Waals surface area contributed by atoms with Crippen LogP contribution in [0.3, 0.4) is 0 Å². The molecule has 0 saturated heterocycles. The highest BCUT2D eigenvalue weighted by Gasteiger charge is 2.48. The summed E-state index contributed by atoms with van der Waals surface area (Å²) in [5, 5.41) is 10.3. The van der Waals surface area contributed by atoms with Crippen molar-refractivity contribution in [3.05, 3.63) is 35.4 Å². The Hall–Kier alpha value is -2.29. The van der Waals surface area contributed by atoms with Crippen LogP contribution in [0.25, 0.3) is 0 Å². The summed E-state index contributed by atoms with van der Waals surface area (Å²) in [5.41, 5.74) is 0.379. The molecule has 1 heterocycles. The summed E-state index contributed by atoms with van der Waals surface area (Å²) in [5.74, 6) is -2.25. The molecule has 1 aliphatic heterocycles. The second-order valence-corrected chi connectivity index (χ2v) is 5.05. The normalized spacial score (nSPS) is 16.3. The molecule has 0 aliphatic carbocycles. The van der Waals surface area contributed by atoms with Crippen molar-refractivity contribution in [3.8, 4) is 0 Å². The lowest BCUT2D eigenvalue weighted by Crippen LogP contribution is -2.57. The average Bonchev–Trinajstić information content (AvgIpc) is 2.84. The molecule has 0 fully saturated rings. The molecule has 0 unspecified atom stereocenters. The van der Waals surface area contributed by atoms with Crippen LogP contribution < -0.4 is 0 Å². The minimum atomic E-state index is -1.81. The third-order valence-corrected chi connectivity index (χ3v) is 3.72. The molecule has 2 amide bonds. The van der Waals surface area contributed by atoms with Gasteiger partial charge in [-0.25, -0.2) is 4.79 Å². The molecule has 2 atom stereocenters. The lowest BCUT2D eigenvalue weighted by atomic mass is 10.1. The molecular weight excluding hydrogens is 318 g/mol. The van der Waals surface area contributed by atoms with Crippen LogP contribution in [0.2, 0.25) is 0 Å². The van der Waals surface area contributed by atoms with Crippen LogP contribution in [0.5, 0.6) is 0 Å². The van der Waals surface area contributed by atoms with E-state index >= 15 is 0 Å². The topological polar surface area (TPSA) is 102 Å². The third kappa shape index (κ3) is 3.03. The Bertz CT molecular complexity index is 606. The van der Waals surface area contributed by atoms with Gasteiger partial charge in [0, 0.05) is 14.2 Å². The van der Waals surface area contributed by atoms with E-state index in [1.807, 2.05) is 0 Å². The second-order valence-electron chi connectivity index (χ2n) is 5.05. The molecule has 1 aromatic rings. The molecule has 0 radical (unpaired) electrons. The molecule has 130 valence electrons. The number of fused-ring (bicyclic) bond motifs is 1. The number of hydrogen-bond acceptors (Lipinski definition) is 7. The SMILES string of the molecule is CCOC(=O)[C@H](O)[C@@H](C(OC)OC)N1C(=O)c2ccccc2C1=O. The molecule has 1 aromatic carbocycles. The predicted octanol–water partition coefficient (Wildman–Crippen LogP) is 0.194. The Kier molecular flexibility index (Phi) is 5.66. The number of hydrogen-bond donors (Lipinski definition) is 1. The lowest BCUT2D eigenvalue weighted by Gasteiger charge is -2.33. The van der Waals surface area contributed by atoms with Gasteiger partial charge in [-0.1, -0.05) is 12.1 Å². The van der Waals surface area contributed by atoms with Gasteiger partial charge in [0.25, 0.3) is 11.8 Å². The highest BCUT2D eigenvalue weighted by atomic mass is 16.7. The Morgan fingerprint density at radius 3 is 2.04 bits per heavy atom. The number of methoxy groups -OCH3 is 2. The van der Waals surface area contributed by atoms with E-state index in [-0.39, 0.29) is 17.7 Å². The van der Waals surface area contributed by atoms with E-state index in [4.69, 9.17) is 14.2 Å². The number of carbonyl (C=O) groups excluding carboxylic acids is 3. The number of rotatable bonds is 7. The van der Waals surface area contributed by atoms with Gasteiger partial charge in [-0.15, -0.1) is 0 Å². The highest BCUT2D eigenvalue weighted by Crippen LogP contribution is 2.28. The fourth-order valence-electron chi connectivity index (χ4n) is 2.63. The average molecular weight is 337 g/mol. The predicted molar refractivity (Wildman–Crippen MR) is 81.2 cm³/mol. The zero-order valence-electron chi connectivity index (χ0n) is 13.6. The molecule has 1 aliphatic rings. The Morgan fingerprint density at radius 2 is 1.62 bits per heavy atom. The van der Waals surface area contributed by atoms with Gasteiger partial charge in [0.1, 0.15) is 6.04 Å². The van der Waals surface area contributed by atoms with Gasteiger partial charge in [0.2, 0.25) is 0 Å². The van der Waals surface area contributed by atoms with Crippen molar-refractivity contribution in [2.75, 3.05) is 20.8 Å². The molecule has 24 heavy (non-hydrogen) atoms. The van der Waals surface area contributed by atoms with Crippen LogP contribution in [0, 0.1) is 0 Å². The molecule has 8 nitrogen and oxygen atoms in total. The van der Waals surface area contributed by atoms with Gasteiger partial charge < -0.3 is 19.3 Å². The number of benzene rings is 1. The largest absolute Gasteiger partial charge is 0.464 e.